The van der Waals surface area contributed by atoms with Crippen molar-refractivity contribution in [2.45, 2.75) is 0 Å². The van der Waals surface area contributed by atoms with Crippen molar-refractivity contribution < 1.29 is 46.4 Å². The van der Waals surface area contributed by atoms with Crippen LogP contribution in [0.15, 0.2) is 0 Å². The number of phosphoric acid groups is 3. The van der Waals surface area contributed by atoms with Crippen molar-refractivity contribution in [2.75, 3.05) is 7.11 Å². The van der Waals surface area contributed by atoms with Crippen LogP contribution in [0.1, 0.15) is 0 Å². The van der Waals surface area contributed by atoms with Gasteiger partial charge in [-0.2, -0.15) is 8.62 Å². The Morgan fingerprint density at radius 2 is 1.06 bits per heavy atom. The van der Waals surface area contributed by atoms with E-state index in [9.17, 15) is 13.7 Å². The third-order valence-corrected chi connectivity index (χ3v) is 4.44. The van der Waals surface area contributed by atoms with Gasteiger partial charge in [-0.05, 0) is 0 Å². The van der Waals surface area contributed by atoms with Crippen LogP contribution in [-0.2, 0) is 26.8 Å². The van der Waals surface area contributed by atoms with Gasteiger partial charge < -0.3 is 44.2 Å². The highest BCUT2D eigenvalue weighted by Crippen LogP contribution is 2.65. The first-order valence-corrected chi connectivity index (χ1v) is 7.19. The van der Waals surface area contributed by atoms with Crippen molar-refractivity contribution in [3.63, 3.8) is 0 Å². The van der Waals surface area contributed by atoms with E-state index in [4.69, 9.17) is 19.6 Å². The maximum absolute atomic E-state index is 10.6. The number of phosphoric ester groups is 1. The van der Waals surface area contributed by atoms with Crippen molar-refractivity contribution in [2.24, 2.45) is 0 Å². The third kappa shape index (κ3) is 16.2. The maximum Gasteiger partial charge on any atom is 0.490 e. The summed E-state index contributed by atoms with van der Waals surface area (Å²) in [5, 5.41) is 0. The Hall–Kier alpha value is 0.250. The molecule has 118 valence electrons. The lowest BCUT2D eigenvalue weighted by molar-refractivity contribution is 0.191. The molecule has 2 atom stereocenters. The molecule has 0 aromatic rings. The Balaban J connectivity index is -0.000000141. The van der Waals surface area contributed by atoms with Crippen LogP contribution < -0.4 is 24.6 Å². The Morgan fingerprint density at radius 3 is 1.28 bits per heavy atom. The normalized spacial score (nSPS) is 16.5. The van der Waals surface area contributed by atoms with E-state index in [-0.39, 0.29) is 24.6 Å². The molecule has 18 heavy (non-hydrogen) atoms. The van der Waals surface area contributed by atoms with Crippen LogP contribution in [0.4, 0.5) is 0 Å². The summed E-state index contributed by atoms with van der Waals surface area (Å²) in [4.78, 5) is 33.2. The van der Waals surface area contributed by atoms with Crippen LogP contribution in [0, 0.1) is 0 Å². The molecule has 17 heteroatoms. The van der Waals surface area contributed by atoms with Crippen LogP contribution in [0.2, 0.25) is 0 Å². The van der Waals surface area contributed by atoms with Gasteiger partial charge in [-0.1, -0.05) is 0 Å². The molecule has 0 spiro atoms. The molecule has 16 N–H and O–H groups in total. The Morgan fingerprint density at radius 1 is 0.722 bits per heavy atom. The van der Waals surface area contributed by atoms with E-state index in [0.29, 0.717) is 7.11 Å². The Kier molecular flexibility index (Phi) is 17.3. The lowest BCUT2D eigenvalue weighted by Gasteiger charge is -2.14. The smallest absolute Gasteiger partial charge is 0.344 e. The molecule has 0 aromatic carbocycles. The van der Waals surface area contributed by atoms with Gasteiger partial charge in [0.1, 0.15) is 0 Å². The summed E-state index contributed by atoms with van der Waals surface area (Å²) in [6.07, 6.45) is 0. The van der Waals surface area contributed by atoms with Crippen molar-refractivity contribution in [3.05, 3.63) is 0 Å². The fraction of sp³-hybridized carbons (Fsp3) is 1.00. The van der Waals surface area contributed by atoms with E-state index in [2.05, 4.69) is 13.1 Å². The fourth-order valence-electron chi connectivity index (χ4n) is 0.313. The minimum absolute atomic E-state index is 0. The summed E-state index contributed by atoms with van der Waals surface area (Å²) >= 11 is 0. The number of hydrogen-bond donors (Lipinski definition) is 8. The van der Waals surface area contributed by atoms with Crippen LogP contribution in [0.5, 0.6) is 0 Å². The molecular weight excluding hydrogens is 321 g/mol. The molecule has 0 rings (SSSR count). The summed E-state index contributed by atoms with van der Waals surface area (Å²) in [6.45, 7) is 0. The molecule has 0 aliphatic carbocycles. The van der Waals surface area contributed by atoms with Gasteiger partial charge in [-0.3, -0.25) is 4.52 Å². The highest BCUT2D eigenvalue weighted by Gasteiger charge is 2.39. The summed E-state index contributed by atoms with van der Waals surface area (Å²) in [5.74, 6) is 0. The van der Waals surface area contributed by atoms with Crippen molar-refractivity contribution in [1.29, 1.82) is 0 Å². The monoisotopic (exact) mass is 340 g/mol. The lowest BCUT2D eigenvalue weighted by Crippen LogP contribution is -1.93. The molecule has 0 fully saturated rings. The second kappa shape index (κ2) is 10.1. The first kappa shape index (κ1) is 30.9. The summed E-state index contributed by atoms with van der Waals surface area (Å²) < 4.78 is 41.6. The van der Waals surface area contributed by atoms with Crippen molar-refractivity contribution in [1.82, 2.24) is 24.6 Å². The van der Waals surface area contributed by atoms with Gasteiger partial charge in [0.15, 0.2) is 0 Å². The predicted molar refractivity (Wildman–Crippen MR) is 61.0 cm³/mol. The molecule has 0 saturated carbocycles. The first-order valence-electron chi connectivity index (χ1n) is 2.67. The Labute approximate surface area is 102 Å². The molecule has 0 bridgehead atoms. The van der Waals surface area contributed by atoms with Gasteiger partial charge >= 0.3 is 23.5 Å². The quantitative estimate of drug-likeness (QED) is 0.318. The molecule has 0 heterocycles. The fourth-order valence-corrected chi connectivity index (χ4v) is 3.09. The largest absolute Gasteiger partial charge is 0.490 e. The SMILES string of the molecule is COP(=O)(O)OP(=O)(O)OP(=O)(O)O.N.N.N.N. The van der Waals surface area contributed by atoms with Crippen molar-refractivity contribution in [3.8, 4) is 0 Å². The summed E-state index contributed by atoms with van der Waals surface area (Å²) in [5.41, 5.74) is 0. The number of rotatable bonds is 5. The van der Waals surface area contributed by atoms with E-state index >= 15 is 0 Å². The minimum atomic E-state index is -5.35. The highest BCUT2D eigenvalue weighted by atomic mass is 31.3. The summed E-state index contributed by atoms with van der Waals surface area (Å²) in [6, 6.07) is 0. The zero-order chi connectivity index (χ0) is 11.6. The molecule has 0 aliphatic rings. The molecule has 0 saturated heterocycles. The van der Waals surface area contributed by atoms with Crippen LogP contribution in [-0.4, -0.2) is 26.7 Å². The molecular formula is CH19N4O10P3. The molecule has 0 aromatic heterocycles. The van der Waals surface area contributed by atoms with Gasteiger partial charge in [-0.15, -0.1) is 0 Å². The van der Waals surface area contributed by atoms with E-state index in [1.807, 2.05) is 0 Å². The molecule has 2 unspecified atom stereocenters. The molecule has 0 amide bonds. The van der Waals surface area contributed by atoms with Gasteiger partial charge in [0.05, 0.1) is 0 Å². The third-order valence-electron chi connectivity index (χ3n) is 0.647. The highest BCUT2D eigenvalue weighted by molar-refractivity contribution is 7.66. The van der Waals surface area contributed by atoms with Crippen LogP contribution >= 0.6 is 23.5 Å². The van der Waals surface area contributed by atoms with Gasteiger partial charge in [0.2, 0.25) is 0 Å². The zero-order valence-electron chi connectivity index (χ0n) is 9.41. The van der Waals surface area contributed by atoms with Crippen LogP contribution in [0.25, 0.3) is 0 Å². The molecule has 14 nitrogen and oxygen atoms in total. The van der Waals surface area contributed by atoms with E-state index in [1.165, 1.54) is 0 Å². The van der Waals surface area contributed by atoms with Crippen LogP contribution in [0.3, 0.4) is 0 Å². The molecule has 0 aliphatic heterocycles. The average Bonchev–Trinajstić information content (AvgIpc) is 1.78. The van der Waals surface area contributed by atoms with E-state index < -0.39 is 23.5 Å². The van der Waals surface area contributed by atoms with E-state index in [1.54, 1.807) is 0 Å². The van der Waals surface area contributed by atoms with Crippen molar-refractivity contribution >= 4 is 23.5 Å². The lowest BCUT2D eigenvalue weighted by atomic mass is 11.8. The number of hydrogen-bond acceptors (Lipinski definition) is 10. The standard InChI is InChI=1S/CH7O10P3.4H3N/c1-9-13(5,6)11-14(7,8)10-12(2,3)4;;;;/h1H3,(H,5,6)(H,7,8)(H2,2,3,4);4*1H3. The summed E-state index contributed by atoms with van der Waals surface area (Å²) in [7, 11) is -14.8. The van der Waals surface area contributed by atoms with E-state index in [0.717, 1.165) is 0 Å². The van der Waals surface area contributed by atoms with Gasteiger partial charge in [-0.25, -0.2) is 13.7 Å². The molecule has 0 radical (unpaired) electrons. The minimum Gasteiger partial charge on any atom is -0.344 e. The predicted octanol–water partition coefficient (Wildman–Crippen LogP) is 0.607. The zero-order valence-corrected chi connectivity index (χ0v) is 12.1. The second-order valence-electron chi connectivity index (χ2n) is 1.77. The maximum atomic E-state index is 10.6. The van der Waals surface area contributed by atoms with Gasteiger partial charge in [0.25, 0.3) is 0 Å². The first-order chi connectivity index (χ1) is 5.97. The average molecular weight is 340 g/mol. The second-order valence-corrected chi connectivity index (χ2v) is 6.30. The topological polar surface area (TPSA) is 300 Å². The Bertz CT molecular complexity index is 338. The van der Waals surface area contributed by atoms with Gasteiger partial charge in [0, 0.05) is 7.11 Å².